The van der Waals surface area contributed by atoms with Gasteiger partial charge in [0.15, 0.2) is 0 Å². The molecule has 1 heterocycles. The first-order valence-electron chi connectivity index (χ1n) is 7.65. The zero-order valence-corrected chi connectivity index (χ0v) is 12.7. The Morgan fingerprint density at radius 3 is 2.74 bits per heavy atom. The third-order valence-corrected chi connectivity index (χ3v) is 3.74. The van der Waals surface area contributed by atoms with Crippen molar-refractivity contribution in [2.45, 2.75) is 65.0 Å². The summed E-state index contributed by atoms with van der Waals surface area (Å²) in [7, 11) is 0. The maximum Gasteiger partial charge on any atom is 0.225 e. The van der Waals surface area contributed by atoms with Gasteiger partial charge in [-0.05, 0) is 38.5 Å². The number of nitrogens with two attached hydrogens (primary N) is 1. The molecule has 0 radical (unpaired) electrons. The Morgan fingerprint density at radius 1 is 1.37 bits per heavy atom. The molecule has 1 aliphatic heterocycles. The summed E-state index contributed by atoms with van der Waals surface area (Å²) in [5.74, 6) is 0.835. The molecule has 2 N–H and O–H groups in total. The minimum absolute atomic E-state index is 0.201. The minimum atomic E-state index is 0.201. The van der Waals surface area contributed by atoms with E-state index in [1.165, 1.54) is 6.42 Å². The first-order valence-corrected chi connectivity index (χ1v) is 7.65. The SMILES string of the molecule is CC(C)CC(C)OCCC(=O)N1CCCCC1CN. The number of hydrogen-bond donors (Lipinski definition) is 1. The third kappa shape index (κ3) is 5.91. The highest BCUT2D eigenvalue weighted by Crippen LogP contribution is 2.17. The van der Waals surface area contributed by atoms with Crippen LogP contribution in [0, 0.1) is 5.92 Å². The fourth-order valence-corrected chi connectivity index (χ4v) is 2.80. The van der Waals surface area contributed by atoms with Crippen LogP contribution in [0.25, 0.3) is 0 Å². The molecule has 0 spiro atoms. The molecule has 0 aliphatic carbocycles. The number of likely N-dealkylation sites (tertiary alicyclic amines) is 1. The zero-order valence-electron chi connectivity index (χ0n) is 12.7. The Kier molecular flexibility index (Phi) is 7.39. The van der Waals surface area contributed by atoms with E-state index < -0.39 is 0 Å². The fraction of sp³-hybridized carbons (Fsp3) is 0.933. The van der Waals surface area contributed by atoms with E-state index in [4.69, 9.17) is 10.5 Å². The normalized spacial score (nSPS) is 21.7. The van der Waals surface area contributed by atoms with E-state index >= 15 is 0 Å². The van der Waals surface area contributed by atoms with Crippen molar-refractivity contribution >= 4 is 5.91 Å². The Morgan fingerprint density at radius 2 is 2.11 bits per heavy atom. The van der Waals surface area contributed by atoms with Crippen molar-refractivity contribution in [3.8, 4) is 0 Å². The first kappa shape index (κ1) is 16.4. The standard InChI is InChI=1S/C15H30N2O2/c1-12(2)10-13(3)19-9-7-15(18)17-8-5-4-6-14(17)11-16/h12-14H,4-11,16H2,1-3H3. The molecule has 0 saturated carbocycles. The molecule has 0 bridgehead atoms. The van der Waals surface area contributed by atoms with E-state index in [2.05, 4.69) is 20.8 Å². The summed E-state index contributed by atoms with van der Waals surface area (Å²) >= 11 is 0. The highest BCUT2D eigenvalue weighted by Gasteiger charge is 2.25. The molecule has 1 rings (SSSR count). The van der Waals surface area contributed by atoms with Crippen LogP contribution in [-0.4, -0.2) is 42.6 Å². The van der Waals surface area contributed by atoms with E-state index in [1.54, 1.807) is 0 Å². The Balaban J connectivity index is 2.26. The second-order valence-electron chi connectivity index (χ2n) is 6.03. The lowest BCUT2D eigenvalue weighted by Crippen LogP contribution is -2.47. The number of amides is 1. The Hall–Kier alpha value is -0.610. The molecule has 1 fully saturated rings. The van der Waals surface area contributed by atoms with Crippen LogP contribution in [0.15, 0.2) is 0 Å². The highest BCUT2D eigenvalue weighted by molar-refractivity contribution is 5.76. The predicted molar refractivity (Wildman–Crippen MR) is 77.9 cm³/mol. The first-order chi connectivity index (χ1) is 9.04. The lowest BCUT2D eigenvalue weighted by atomic mass is 10.0. The van der Waals surface area contributed by atoms with Crippen molar-refractivity contribution in [1.29, 1.82) is 0 Å². The van der Waals surface area contributed by atoms with Gasteiger partial charge in [0.2, 0.25) is 5.91 Å². The van der Waals surface area contributed by atoms with Gasteiger partial charge in [-0.2, -0.15) is 0 Å². The summed E-state index contributed by atoms with van der Waals surface area (Å²) in [6, 6.07) is 0.245. The summed E-state index contributed by atoms with van der Waals surface area (Å²) in [4.78, 5) is 14.1. The highest BCUT2D eigenvalue weighted by atomic mass is 16.5. The third-order valence-electron chi connectivity index (χ3n) is 3.74. The lowest BCUT2D eigenvalue weighted by Gasteiger charge is -2.35. The van der Waals surface area contributed by atoms with Crippen LogP contribution in [0.3, 0.4) is 0 Å². The van der Waals surface area contributed by atoms with Crippen LogP contribution >= 0.6 is 0 Å². The monoisotopic (exact) mass is 270 g/mol. The van der Waals surface area contributed by atoms with Crippen molar-refractivity contribution in [1.82, 2.24) is 4.90 Å². The minimum Gasteiger partial charge on any atom is -0.378 e. The summed E-state index contributed by atoms with van der Waals surface area (Å²) in [5, 5.41) is 0. The van der Waals surface area contributed by atoms with E-state index in [0.717, 1.165) is 25.8 Å². The van der Waals surface area contributed by atoms with Gasteiger partial charge >= 0.3 is 0 Å². The summed E-state index contributed by atoms with van der Waals surface area (Å²) in [5.41, 5.74) is 5.74. The van der Waals surface area contributed by atoms with Crippen molar-refractivity contribution < 1.29 is 9.53 Å². The van der Waals surface area contributed by atoms with E-state index in [1.807, 2.05) is 4.90 Å². The smallest absolute Gasteiger partial charge is 0.225 e. The topological polar surface area (TPSA) is 55.6 Å². The van der Waals surface area contributed by atoms with Gasteiger partial charge in [-0.3, -0.25) is 4.79 Å². The van der Waals surface area contributed by atoms with Gasteiger partial charge in [0.05, 0.1) is 19.1 Å². The molecular weight excluding hydrogens is 240 g/mol. The molecule has 4 heteroatoms. The van der Waals surface area contributed by atoms with Crippen LogP contribution in [-0.2, 0) is 9.53 Å². The second-order valence-corrected chi connectivity index (χ2v) is 6.03. The van der Waals surface area contributed by atoms with E-state index in [-0.39, 0.29) is 18.1 Å². The number of carbonyl (C=O) groups is 1. The van der Waals surface area contributed by atoms with E-state index in [0.29, 0.717) is 25.5 Å². The molecule has 1 amide bonds. The van der Waals surface area contributed by atoms with Gasteiger partial charge in [0, 0.05) is 19.1 Å². The fourth-order valence-electron chi connectivity index (χ4n) is 2.80. The van der Waals surface area contributed by atoms with Crippen LogP contribution in [0.4, 0.5) is 0 Å². The Labute approximate surface area is 117 Å². The molecule has 112 valence electrons. The molecule has 19 heavy (non-hydrogen) atoms. The van der Waals surface area contributed by atoms with Gasteiger partial charge in [-0.15, -0.1) is 0 Å². The molecular formula is C15H30N2O2. The summed E-state index contributed by atoms with van der Waals surface area (Å²) in [6.45, 7) is 8.42. The number of rotatable bonds is 7. The Bertz CT molecular complexity index is 269. The van der Waals surface area contributed by atoms with Crippen LogP contribution < -0.4 is 5.73 Å². The quantitative estimate of drug-likeness (QED) is 0.771. The van der Waals surface area contributed by atoms with Crippen LogP contribution in [0.2, 0.25) is 0 Å². The van der Waals surface area contributed by atoms with Crippen molar-refractivity contribution in [3.63, 3.8) is 0 Å². The van der Waals surface area contributed by atoms with Gasteiger partial charge in [-0.25, -0.2) is 0 Å². The number of ether oxygens (including phenoxy) is 1. The van der Waals surface area contributed by atoms with Gasteiger partial charge in [0.1, 0.15) is 0 Å². The van der Waals surface area contributed by atoms with Crippen LogP contribution in [0.5, 0.6) is 0 Å². The predicted octanol–water partition coefficient (Wildman–Crippen LogP) is 2.17. The molecule has 2 atom stereocenters. The number of piperidine rings is 1. The van der Waals surface area contributed by atoms with E-state index in [9.17, 15) is 4.79 Å². The molecule has 2 unspecified atom stereocenters. The second kappa shape index (κ2) is 8.54. The number of carbonyl (C=O) groups excluding carboxylic acids is 1. The summed E-state index contributed by atoms with van der Waals surface area (Å²) < 4.78 is 5.70. The average molecular weight is 270 g/mol. The van der Waals surface area contributed by atoms with Gasteiger partial charge in [-0.1, -0.05) is 13.8 Å². The molecule has 4 nitrogen and oxygen atoms in total. The van der Waals surface area contributed by atoms with Crippen molar-refractivity contribution in [2.24, 2.45) is 11.7 Å². The average Bonchev–Trinajstić information content (AvgIpc) is 2.37. The zero-order chi connectivity index (χ0) is 14.3. The summed E-state index contributed by atoms with van der Waals surface area (Å²) in [6.07, 6.45) is 5.11. The maximum atomic E-state index is 12.2. The van der Waals surface area contributed by atoms with Crippen LogP contribution in [0.1, 0.15) is 52.9 Å². The largest absolute Gasteiger partial charge is 0.378 e. The number of hydrogen-bond acceptors (Lipinski definition) is 3. The molecule has 0 aromatic rings. The van der Waals surface area contributed by atoms with Crippen molar-refractivity contribution in [3.05, 3.63) is 0 Å². The molecule has 0 aromatic heterocycles. The molecule has 1 saturated heterocycles. The van der Waals surface area contributed by atoms with Crippen molar-refractivity contribution in [2.75, 3.05) is 19.7 Å². The molecule has 1 aliphatic rings. The lowest BCUT2D eigenvalue weighted by molar-refractivity contribution is -0.136. The number of nitrogens with zero attached hydrogens (tertiary/aromatic N) is 1. The maximum absolute atomic E-state index is 12.2. The molecule has 0 aromatic carbocycles. The van der Waals surface area contributed by atoms with Gasteiger partial charge in [0.25, 0.3) is 0 Å². The van der Waals surface area contributed by atoms with Gasteiger partial charge < -0.3 is 15.4 Å².